The van der Waals surface area contributed by atoms with E-state index in [1.54, 1.807) is 11.0 Å². The van der Waals surface area contributed by atoms with Crippen LogP contribution in [0.15, 0.2) is 36.9 Å². The van der Waals surface area contributed by atoms with Crippen LogP contribution in [-0.4, -0.2) is 18.5 Å². The second-order valence-electron chi connectivity index (χ2n) is 3.68. The van der Waals surface area contributed by atoms with Gasteiger partial charge in [0.15, 0.2) is 0 Å². The van der Waals surface area contributed by atoms with Gasteiger partial charge in [0, 0.05) is 12.2 Å². The van der Waals surface area contributed by atoms with Gasteiger partial charge in [-0.15, -0.1) is 6.58 Å². The minimum Gasteiger partial charge on any atom is -0.320 e. The molecule has 0 saturated heterocycles. The molecule has 1 aliphatic rings. The van der Waals surface area contributed by atoms with E-state index in [-0.39, 0.29) is 5.91 Å². The number of nitrogens with two attached hydrogens (primary N) is 1. The molecule has 1 amide bonds. The molecule has 78 valence electrons. The molecule has 0 bridgehead atoms. The van der Waals surface area contributed by atoms with Gasteiger partial charge in [0.2, 0.25) is 5.91 Å². The Morgan fingerprint density at radius 3 is 3.00 bits per heavy atom. The summed E-state index contributed by atoms with van der Waals surface area (Å²) in [6.45, 7) is 4.17. The predicted molar refractivity (Wildman–Crippen MR) is 60.7 cm³/mol. The molecule has 0 spiro atoms. The molecular weight excluding hydrogens is 188 g/mol. The Kier molecular flexibility index (Phi) is 2.56. The van der Waals surface area contributed by atoms with E-state index in [1.807, 2.05) is 24.3 Å². The maximum absolute atomic E-state index is 11.8. The molecule has 3 heteroatoms. The molecule has 0 fully saturated rings. The first kappa shape index (κ1) is 9.93. The molecule has 1 heterocycles. The lowest BCUT2D eigenvalue weighted by Crippen LogP contribution is -2.48. The summed E-state index contributed by atoms with van der Waals surface area (Å²) in [4.78, 5) is 13.5. The van der Waals surface area contributed by atoms with Crippen LogP contribution in [0.4, 0.5) is 5.69 Å². The highest BCUT2D eigenvalue weighted by Gasteiger charge is 2.28. The first-order valence-corrected chi connectivity index (χ1v) is 5.00. The molecule has 15 heavy (non-hydrogen) atoms. The van der Waals surface area contributed by atoms with Gasteiger partial charge < -0.3 is 10.6 Å². The third-order valence-corrected chi connectivity index (χ3v) is 2.62. The third-order valence-electron chi connectivity index (χ3n) is 2.62. The van der Waals surface area contributed by atoms with Gasteiger partial charge in [-0.1, -0.05) is 24.3 Å². The van der Waals surface area contributed by atoms with Crippen LogP contribution in [0.1, 0.15) is 5.56 Å². The van der Waals surface area contributed by atoms with Gasteiger partial charge in [-0.05, 0) is 18.1 Å². The molecule has 1 atom stereocenters. The zero-order chi connectivity index (χ0) is 10.8. The highest BCUT2D eigenvalue weighted by Crippen LogP contribution is 2.26. The largest absolute Gasteiger partial charge is 0.320 e. The van der Waals surface area contributed by atoms with Crippen molar-refractivity contribution in [2.24, 2.45) is 5.73 Å². The lowest BCUT2D eigenvalue weighted by Gasteiger charge is -2.31. The maximum Gasteiger partial charge on any atom is 0.244 e. The van der Waals surface area contributed by atoms with Crippen molar-refractivity contribution in [3.63, 3.8) is 0 Å². The van der Waals surface area contributed by atoms with Crippen LogP contribution in [0.2, 0.25) is 0 Å². The van der Waals surface area contributed by atoms with Crippen molar-refractivity contribution in [2.45, 2.75) is 12.5 Å². The van der Waals surface area contributed by atoms with Crippen LogP contribution in [0.25, 0.3) is 0 Å². The molecule has 1 aromatic rings. The van der Waals surface area contributed by atoms with Gasteiger partial charge in [-0.2, -0.15) is 0 Å². The van der Waals surface area contributed by atoms with Crippen LogP contribution in [0, 0.1) is 0 Å². The molecule has 0 radical (unpaired) electrons. The topological polar surface area (TPSA) is 46.3 Å². The van der Waals surface area contributed by atoms with Crippen molar-refractivity contribution in [1.29, 1.82) is 0 Å². The standard InChI is InChI=1S/C12H14N2O/c1-2-7-14-11-6-4-3-5-9(11)8-10(13)12(14)15/h2-6,10H,1,7-8,13H2. The Labute approximate surface area is 89.2 Å². The zero-order valence-corrected chi connectivity index (χ0v) is 8.52. The van der Waals surface area contributed by atoms with E-state index in [9.17, 15) is 4.79 Å². The van der Waals surface area contributed by atoms with Crippen LogP contribution >= 0.6 is 0 Å². The summed E-state index contributed by atoms with van der Waals surface area (Å²) in [7, 11) is 0. The number of hydrogen-bond donors (Lipinski definition) is 1. The molecule has 1 unspecified atom stereocenters. The molecule has 2 N–H and O–H groups in total. The lowest BCUT2D eigenvalue weighted by atomic mass is 9.98. The first-order valence-electron chi connectivity index (χ1n) is 5.00. The van der Waals surface area contributed by atoms with Crippen molar-refractivity contribution in [1.82, 2.24) is 0 Å². The molecule has 2 rings (SSSR count). The molecule has 0 aliphatic carbocycles. The van der Waals surface area contributed by atoms with Crippen LogP contribution in [-0.2, 0) is 11.2 Å². The van der Waals surface area contributed by atoms with Crippen molar-refractivity contribution in [3.8, 4) is 0 Å². The minimum atomic E-state index is -0.417. The van der Waals surface area contributed by atoms with Crippen LogP contribution in [0.5, 0.6) is 0 Å². The summed E-state index contributed by atoms with van der Waals surface area (Å²) in [6, 6.07) is 7.44. The van der Waals surface area contributed by atoms with E-state index in [1.165, 1.54) is 0 Å². The number of anilines is 1. The fourth-order valence-electron chi connectivity index (χ4n) is 1.91. The first-order chi connectivity index (χ1) is 7.24. The van der Waals surface area contributed by atoms with E-state index in [0.717, 1.165) is 11.3 Å². The normalized spacial score (nSPS) is 19.9. The van der Waals surface area contributed by atoms with Crippen molar-refractivity contribution < 1.29 is 4.79 Å². The predicted octanol–water partition coefficient (Wildman–Crippen LogP) is 1.09. The second-order valence-corrected chi connectivity index (χ2v) is 3.68. The lowest BCUT2D eigenvalue weighted by molar-refractivity contribution is -0.120. The number of carbonyl (C=O) groups is 1. The van der Waals surface area contributed by atoms with Gasteiger partial charge in [-0.25, -0.2) is 0 Å². The number of para-hydroxylation sites is 1. The quantitative estimate of drug-likeness (QED) is 0.730. The summed E-state index contributed by atoms with van der Waals surface area (Å²) in [5.74, 6) is -0.0198. The fraction of sp³-hybridized carbons (Fsp3) is 0.250. The number of benzene rings is 1. The van der Waals surface area contributed by atoms with Gasteiger partial charge in [0.1, 0.15) is 0 Å². The van der Waals surface area contributed by atoms with Gasteiger partial charge in [-0.3, -0.25) is 4.79 Å². The third kappa shape index (κ3) is 1.66. The number of hydrogen-bond acceptors (Lipinski definition) is 2. The van der Waals surface area contributed by atoms with Crippen molar-refractivity contribution >= 4 is 11.6 Å². The second kappa shape index (κ2) is 3.87. The van der Waals surface area contributed by atoms with Gasteiger partial charge >= 0.3 is 0 Å². The number of amides is 1. The van der Waals surface area contributed by atoms with E-state index >= 15 is 0 Å². The zero-order valence-electron chi connectivity index (χ0n) is 8.52. The molecule has 0 saturated carbocycles. The summed E-state index contributed by atoms with van der Waals surface area (Å²) < 4.78 is 0. The average molecular weight is 202 g/mol. The molecule has 0 aromatic heterocycles. The SMILES string of the molecule is C=CCN1C(=O)C(N)Cc2ccccc21. The number of rotatable bonds is 2. The van der Waals surface area contributed by atoms with E-state index in [0.29, 0.717) is 13.0 Å². The van der Waals surface area contributed by atoms with E-state index in [4.69, 9.17) is 5.73 Å². The minimum absolute atomic E-state index is 0.0198. The maximum atomic E-state index is 11.8. The van der Waals surface area contributed by atoms with Gasteiger partial charge in [0.25, 0.3) is 0 Å². The van der Waals surface area contributed by atoms with E-state index in [2.05, 4.69) is 6.58 Å². The molecular formula is C12H14N2O. The number of nitrogens with zero attached hydrogens (tertiary/aromatic N) is 1. The Morgan fingerprint density at radius 2 is 2.27 bits per heavy atom. The summed E-state index contributed by atoms with van der Waals surface area (Å²) in [5, 5.41) is 0. The summed E-state index contributed by atoms with van der Waals surface area (Å²) in [5.41, 5.74) is 7.88. The Balaban J connectivity index is 2.44. The molecule has 1 aromatic carbocycles. The monoisotopic (exact) mass is 202 g/mol. The Bertz CT molecular complexity index is 400. The molecule has 1 aliphatic heterocycles. The Morgan fingerprint density at radius 1 is 1.53 bits per heavy atom. The van der Waals surface area contributed by atoms with Crippen LogP contribution < -0.4 is 10.6 Å². The van der Waals surface area contributed by atoms with Crippen molar-refractivity contribution in [3.05, 3.63) is 42.5 Å². The highest BCUT2D eigenvalue weighted by atomic mass is 16.2. The average Bonchev–Trinajstić information content (AvgIpc) is 2.25. The van der Waals surface area contributed by atoms with E-state index < -0.39 is 6.04 Å². The summed E-state index contributed by atoms with van der Waals surface area (Å²) in [6.07, 6.45) is 2.34. The molecule has 3 nitrogen and oxygen atoms in total. The Hall–Kier alpha value is -1.61. The van der Waals surface area contributed by atoms with Crippen molar-refractivity contribution in [2.75, 3.05) is 11.4 Å². The highest BCUT2D eigenvalue weighted by molar-refractivity contribution is 6.00. The number of carbonyl (C=O) groups excluding carboxylic acids is 1. The van der Waals surface area contributed by atoms with Gasteiger partial charge in [0.05, 0.1) is 6.04 Å². The fourth-order valence-corrected chi connectivity index (χ4v) is 1.91. The number of fused-ring (bicyclic) bond motifs is 1. The summed E-state index contributed by atoms with van der Waals surface area (Å²) >= 11 is 0. The smallest absolute Gasteiger partial charge is 0.244 e. The van der Waals surface area contributed by atoms with Crippen LogP contribution in [0.3, 0.4) is 0 Å².